The van der Waals surface area contributed by atoms with E-state index < -0.39 is 11.6 Å². The molecule has 0 spiro atoms. The third-order valence-electron chi connectivity index (χ3n) is 4.17. The zero-order chi connectivity index (χ0) is 14.8. The summed E-state index contributed by atoms with van der Waals surface area (Å²) in [6, 6.07) is 0.125. The maximum absolute atomic E-state index is 12.0. The molecule has 7 heteroatoms. The number of carboxylic acids is 1. The van der Waals surface area contributed by atoms with Gasteiger partial charge in [-0.3, -0.25) is 4.90 Å². The van der Waals surface area contributed by atoms with E-state index in [-0.39, 0.29) is 12.6 Å². The summed E-state index contributed by atoms with van der Waals surface area (Å²) in [5.74, 6) is -1.34. The van der Waals surface area contributed by atoms with Crippen molar-refractivity contribution in [2.24, 2.45) is 0 Å². The van der Waals surface area contributed by atoms with Crippen molar-refractivity contribution in [2.75, 3.05) is 32.7 Å². The minimum Gasteiger partial charge on any atom is -0.479 e. The van der Waals surface area contributed by atoms with Crippen molar-refractivity contribution in [1.82, 2.24) is 15.1 Å². The molecule has 0 aromatic rings. The fourth-order valence-corrected chi connectivity index (χ4v) is 2.78. The Morgan fingerprint density at radius 2 is 2.05 bits per heavy atom. The van der Waals surface area contributed by atoms with Gasteiger partial charge in [-0.05, 0) is 26.3 Å². The highest BCUT2D eigenvalue weighted by Gasteiger charge is 2.33. The molecule has 2 heterocycles. The lowest BCUT2D eigenvalue weighted by Crippen LogP contribution is -2.59. The van der Waals surface area contributed by atoms with Crippen molar-refractivity contribution >= 4 is 12.0 Å². The molecule has 2 aliphatic rings. The highest BCUT2D eigenvalue weighted by Crippen LogP contribution is 2.21. The van der Waals surface area contributed by atoms with Crippen LogP contribution in [0.15, 0.2) is 0 Å². The fraction of sp³-hybridized carbons (Fsp3) is 0.846. The molecule has 2 amide bonds. The Labute approximate surface area is 118 Å². The monoisotopic (exact) mass is 285 g/mol. The van der Waals surface area contributed by atoms with Crippen LogP contribution in [-0.2, 0) is 4.79 Å². The van der Waals surface area contributed by atoms with Crippen molar-refractivity contribution in [3.05, 3.63) is 0 Å². The lowest BCUT2D eigenvalue weighted by atomic mass is 10.00. The largest absolute Gasteiger partial charge is 0.479 e. The van der Waals surface area contributed by atoms with Crippen LogP contribution in [-0.4, -0.2) is 76.4 Å². The van der Waals surface area contributed by atoms with Gasteiger partial charge in [-0.2, -0.15) is 0 Å². The summed E-state index contributed by atoms with van der Waals surface area (Å²) < 4.78 is 0. The average Bonchev–Trinajstić information content (AvgIpc) is 2.44. The maximum atomic E-state index is 12.0. The van der Waals surface area contributed by atoms with Gasteiger partial charge in [0.1, 0.15) is 0 Å². The molecule has 114 valence electrons. The highest BCUT2D eigenvalue weighted by atomic mass is 16.4. The molecule has 0 saturated carbocycles. The van der Waals surface area contributed by atoms with Gasteiger partial charge in [0.15, 0.2) is 5.60 Å². The first-order valence-electron chi connectivity index (χ1n) is 7.13. The van der Waals surface area contributed by atoms with Gasteiger partial charge in [0.25, 0.3) is 0 Å². The van der Waals surface area contributed by atoms with Gasteiger partial charge >= 0.3 is 12.0 Å². The molecule has 0 aliphatic carbocycles. The van der Waals surface area contributed by atoms with Crippen molar-refractivity contribution in [3.63, 3.8) is 0 Å². The number of nitrogens with zero attached hydrogens (tertiary/aromatic N) is 2. The minimum absolute atomic E-state index is 0.286. The molecule has 3 N–H and O–H groups in total. The number of carbonyl (C=O) groups excluding carboxylic acids is 1. The molecule has 0 bridgehead atoms. The van der Waals surface area contributed by atoms with E-state index in [0.29, 0.717) is 19.1 Å². The zero-order valence-electron chi connectivity index (χ0n) is 11.8. The number of fused-ring (bicyclic) bond motifs is 1. The van der Waals surface area contributed by atoms with Crippen molar-refractivity contribution in [3.8, 4) is 0 Å². The maximum Gasteiger partial charge on any atom is 0.337 e. The number of carbonyl (C=O) groups is 2. The third kappa shape index (κ3) is 3.40. The number of amides is 2. The van der Waals surface area contributed by atoms with Gasteiger partial charge < -0.3 is 20.4 Å². The Morgan fingerprint density at radius 1 is 1.30 bits per heavy atom. The molecule has 2 fully saturated rings. The van der Waals surface area contributed by atoms with E-state index in [1.165, 1.54) is 19.8 Å². The number of hydrogen-bond donors (Lipinski definition) is 3. The van der Waals surface area contributed by atoms with Crippen molar-refractivity contribution < 1.29 is 19.8 Å². The van der Waals surface area contributed by atoms with Crippen LogP contribution < -0.4 is 5.32 Å². The molecule has 2 saturated heterocycles. The van der Waals surface area contributed by atoms with Crippen LogP contribution in [0.4, 0.5) is 4.79 Å². The smallest absolute Gasteiger partial charge is 0.337 e. The first kappa shape index (κ1) is 15.1. The van der Waals surface area contributed by atoms with Gasteiger partial charge in [0.2, 0.25) is 0 Å². The van der Waals surface area contributed by atoms with Gasteiger partial charge in [0, 0.05) is 25.7 Å². The highest BCUT2D eigenvalue weighted by molar-refractivity contribution is 5.79. The molecule has 0 aromatic carbocycles. The lowest BCUT2D eigenvalue weighted by molar-refractivity contribution is -0.155. The summed E-state index contributed by atoms with van der Waals surface area (Å²) in [5, 5.41) is 20.9. The summed E-state index contributed by atoms with van der Waals surface area (Å²) in [5.41, 5.74) is -1.93. The van der Waals surface area contributed by atoms with Crippen LogP contribution in [0.5, 0.6) is 0 Å². The molecule has 2 atom stereocenters. The Hall–Kier alpha value is -1.34. The predicted octanol–water partition coefficient (Wildman–Crippen LogP) is -0.298. The molecule has 0 radical (unpaired) electrons. The summed E-state index contributed by atoms with van der Waals surface area (Å²) in [7, 11) is 0. The van der Waals surface area contributed by atoms with Crippen LogP contribution in [0, 0.1) is 0 Å². The average molecular weight is 285 g/mol. The summed E-state index contributed by atoms with van der Waals surface area (Å²) in [6.07, 6.45) is 3.53. The Balaban J connectivity index is 1.83. The second-order valence-electron chi connectivity index (χ2n) is 5.87. The third-order valence-corrected chi connectivity index (χ3v) is 4.17. The van der Waals surface area contributed by atoms with Crippen LogP contribution >= 0.6 is 0 Å². The second-order valence-corrected chi connectivity index (χ2v) is 5.87. The molecule has 7 nitrogen and oxygen atoms in total. The molecule has 20 heavy (non-hydrogen) atoms. The Kier molecular flexibility index (Phi) is 4.49. The number of aliphatic carboxylic acids is 1. The number of carboxylic acid groups (broad SMARTS) is 1. The van der Waals surface area contributed by atoms with Crippen molar-refractivity contribution in [1.29, 1.82) is 0 Å². The number of urea groups is 1. The summed E-state index contributed by atoms with van der Waals surface area (Å²) in [4.78, 5) is 26.9. The van der Waals surface area contributed by atoms with Crippen LogP contribution in [0.1, 0.15) is 26.2 Å². The van der Waals surface area contributed by atoms with Gasteiger partial charge in [-0.15, -0.1) is 0 Å². The zero-order valence-corrected chi connectivity index (χ0v) is 11.8. The molecular formula is C13H23N3O4. The first-order chi connectivity index (χ1) is 9.40. The molecular weight excluding hydrogens is 262 g/mol. The number of piperazine rings is 1. The minimum atomic E-state index is -1.93. The van der Waals surface area contributed by atoms with E-state index in [2.05, 4.69) is 10.2 Å². The van der Waals surface area contributed by atoms with E-state index in [0.717, 1.165) is 19.5 Å². The predicted molar refractivity (Wildman–Crippen MR) is 72.4 cm³/mol. The van der Waals surface area contributed by atoms with Crippen molar-refractivity contribution in [2.45, 2.75) is 37.8 Å². The van der Waals surface area contributed by atoms with Crippen LogP contribution in [0.2, 0.25) is 0 Å². The number of nitrogens with one attached hydrogen (secondary N) is 1. The normalized spacial score (nSPS) is 26.5. The van der Waals surface area contributed by atoms with E-state index in [1.54, 1.807) is 4.90 Å². The quantitative estimate of drug-likeness (QED) is 0.662. The number of rotatable bonds is 3. The van der Waals surface area contributed by atoms with E-state index in [9.17, 15) is 14.7 Å². The summed E-state index contributed by atoms with van der Waals surface area (Å²) in [6.45, 7) is 4.20. The van der Waals surface area contributed by atoms with Crippen LogP contribution in [0.25, 0.3) is 0 Å². The number of aliphatic hydroxyl groups is 1. The number of piperidine rings is 1. The van der Waals surface area contributed by atoms with E-state index in [4.69, 9.17) is 5.11 Å². The standard InChI is InChI=1S/C13H23N3O4/c1-13(20,11(17)18)9-14-12(19)16-7-6-15-5-3-2-4-10(15)8-16/h10,20H,2-9H2,1H3,(H,14,19)(H,17,18). The second kappa shape index (κ2) is 5.97. The summed E-state index contributed by atoms with van der Waals surface area (Å²) >= 11 is 0. The van der Waals surface area contributed by atoms with E-state index in [1.807, 2.05) is 0 Å². The fourth-order valence-electron chi connectivity index (χ4n) is 2.78. The van der Waals surface area contributed by atoms with Crippen LogP contribution in [0.3, 0.4) is 0 Å². The first-order valence-corrected chi connectivity index (χ1v) is 7.13. The molecule has 2 aliphatic heterocycles. The van der Waals surface area contributed by atoms with Gasteiger partial charge in [-0.25, -0.2) is 9.59 Å². The van der Waals surface area contributed by atoms with E-state index >= 15 is 0 Å². The number of hydrogen-bond acceptors (Lipinski definition) is 4. The Bertz CT molecular complexity index is 386. The molecule has 2 rings (SSSR count). The Morgan fingerprint density at radius 3 is 2.75 bits per heavy atom. The molecule has 0 aromatic heterocycles. The SMILES string of the molecule is CC(O)(CNC(=O)N1CCN2CCCCC2C1)C(=O)O. The lowest BCUT2D eigenvalue weighted by Gasteiger charge is -2.44. The van der Waals surface area contributed by atoms with Gasteiger partial charge in [-0.1, -0.05) is 6.42 Å². The van der Waals surface area contributed by atoms with Gasteiger partial charge in [0.05, 0.1) is 6.54 Å². The topological polar surface area (TPSA) is 93.1 Å². The molecule has 2 unspecified atom stereocenters.